The third-order valence-electron chi connectivity index (χ3n) is 4.41. The smallest absolute Gasteiger partial charge is 0.274 e. The van der Waals surface area contributed by atoms with Gasteiger partial charge in [0.15, 0.2) is 5.69 Å². The number of nitrogens with zero attached hydrogens (tertiary/aromatic N) is 4. The summed E-state index contributed by atoms with van der Waals surface area (Å²) < 4.78 is 1.75. The van der Waals surface area contributed by atoms with Gasteiger partial charge in [0.25, 0.3) is 5.91 Å². The van der Waals surface area contributed by atoms with Gasteiger partial charge in [-0.25, -0.2) is 0 Å². The molecule has 23 heavy (non-hydrogen) atoms. The quantitative estimate of drug-likeness (QED) is 0.857. The number of carbonyl (C=O) groups excluding carboxylic acids is 1. The molecule has 5 heteroatoms. The van der Waals surface area contributed by atoms with E-state index in [1.807, 2.05) is 32.2 Å². The van der Waals surface area contributed by atoms with Gasteiger partial charge in [0.2, 0.25) is 0 Å². The van der Waals surface area contributed by atoms with Gasteiger partial charge in [0, 0.05) is 26.1 Å². The molecule has 0 aliphatic carbocycles. The second-order valence-electron chi connectivity index (χ2n) is 6.10. The average Bonchev–Trinajstić information content (AvgIpc) is 2.97. The van der Waals surface area contributed by atoms with Crippen LogP contribution in [0.3, 0.4) is 0 Å². The Bertz CT molecular complexity index is 746. The van der Waals surface area contributed by atoms with Gasteiger partial charge in [-0.15, -0.1) is 0 Å². The number of nitriles is 1. The fourth-order valence-electron chi connectivity index (χ4n) is 2.94. The van der Waals surface area contributed by atoms with Crippen molar-refractivity contribution in [3.63, 3.8) is 0 Å². The Kier molecular flexibility index (Phi) is 4.16. The molecule has 1 fully saturated rings. The zero-order chi connectivity index (χ0) is 16.4. The summed E-state index contributed by atoms with van der Waals surface area (Å²) >= 11 is 0. The predicted octanol–water partition coefficient (Wildman–Crippen LogP) is 2.77. The highest BCUT2D eigenvalue weighted by atomic mass is 16.2. The van der Waals surface area contributed by atoms with Crippen molar-refractivity contribution in [1.29, 1.82) is 5.26 Å². The summed E-state index contributed by atoms with van der Waals surface area (Å²) in [6.45, 7) is 3.31. The van der Waals surface area contributed by atoms with E-state index in [9.17, 15) is 4.79 Å². The highest BCUT2D eigenvalue weighted by molar-refractivity contribution is 5.93. The van der Waals surface area contributed by atoms with Crippen molar-refractivity contribution in [1.82, 2.24) is 14.7 Å². The first-order chi connectivity index (χ1) is 11.1. The van der Waals surface area contributed by atoms with Gasteiger partial charge in [-0.05, 0) is 31.4 Å². The van der Waals surface area contributed by atoms with Crippen LogP contribution in [0.1, 0.15) is 28.9 Å². The molecule has 0 atom stereocenters. The summed E-state index contributed by atoms with van der Waals surface area (Å²) in [5.41, 5.74) is 3.65. The molecule has 0 unspecified atom stereocenters. The first kappa shape index (κ1) is 15.3. The van der Waals surface area contributed by atoms with Gasteiger partial charge in [0.1, 0.15) is 0 Å². The van der Waals surface area contributed by atoms with E-state index in [2.05, 4.69) is 23.3 Å². The molecular formula is C18H20N4O. The first-order valence-electron chi connectivity index (χ1n) is 7.88. The van der Waals surface area contributed by atoms with E-state index in [0.717, 1.165) is 24.1 Å². The van der Waals surface area contributed by atoms with E-state index < -0.39 is 0 Å². The molecule has 1 aromatic heterocycles. The standard InChI is InChI=1S/C18H20N4O/c1-13-3-5-15(6-4-13)17-11-16(20-21(17)2)18(23)22-9-7-14(12-19)8-10-22/h3-6,11,14H,7-10H2,1-2H3. The van der Waals surface area contributed by atoms with Gasteiger partial charge in [-0.1, -0.05) is 29.8 Å². The lowest BCUT2D eigenvalue weighted by Crippen LogP contribution is -2.38. The lowest BCUT2D eigenvalue weighted by Gasteiger charge is -2.28. The Balaban J connectivity index is 1.79. The number of likely N-dealkylation sites (tertiary alicyclic amines) is 1. The van der Waals surface area contributed by atoms with Crippen molar-refractivity contribution in [3.05, 3.63) is 41.6 Å². The molecule has 1 amide bonds. The Morgan fingerprint density at radius 2 is 1.91 bits per heavy atom. The third-order valence-corrected chi connectivity index (χ3v) is 4.41. The van der Waals surface area contributed by atoms with Crippen molar-refractivity contribution in [2.45, 2.75) is 19.8 Å². The molecule has 1 saturated heterocycles. The monoisotopic (exact) mass is 308 g/mol. The maximum absolute atomic E-state index is 12.6. The topological polar surface area (TPSA) is 61.9 Å². The maximum Gasteiger partial charge on any atom is 0.274 e. The molecule has 0 spiro atoms. The number of carbonyl (C=O) groups is 1. The van der Waals surface area contributed by atoms with Gasteiger partial charge >= 0.3 is 0 Å². The number of piperidine rings is 1. The van der Waals surface area contributed by atoms with Crippen LogP contribution in [-0.4, -0.2) is 33.7 Å². The molecule has 2 heterocycles. The highest BCUT2D eigenvalue weighted by Crippen LogP contribution is 2.22. The van der Waals surface area contributed by atoms with Crippen molar-refractivity contribution >= 4 is 5.91 Å². The van der Waals surface area contributed by atoms with Crippen LogP contribution in [0, 0.1) is 24.2 Å². The fourth-order valence-corrected chi connectivity index (χ4v) is 2.94. The molecule has 2 aromatic rings. The minimum absolute atomic E-state index is 0.0460. The van der Waals surface area contributed by atoms with E-state index in [4.69, 9.17) is 5.26 Å². The summed E-state index contributed by atoms with van der Waals surface area (Å²) in [5.74, 6) is 0.0289. The maximum atomic E-state index is 12.6. The minimum atomic E-state index is -0.0460. The van der Waals surface area contributed by atoms with E-state index in [1.54, 1.807) is 9.58 Å². The zero-order valence-electron chi connectivity index (χ0n) is 13.5. The molecule has 0 saturated carbocycles. The molecule has 0 radical (unpaired) electrons. The lowest BCUT2D eigenvalue weighted by molar-refractivity contribution is 0.0700. The molecular weight excluding hydrogens is 288 g/mol. The molecule has 0 N–H and O–H groups in total. The Morgan fingerprint density at radius 1 is 1.26 bits per heavy atom. The number of hydrogen-bond donors (Lipinski definition) is 0. The third kappa shape index (κ3) is 3.11. The van der Waals surface area contributed by atoms with Crippen molar-refractivity contribution in [2.75, 3.05) is 13.1 Å². The number of hydrogen-bond acceptors (Lipinski definition) is 3. The van der Waals surface area contributed by atoms with E-state index in [0.29, 0.717) is 18.8 Å². The molecule has 1 aliphatic rings. The second-order valence-corrected chi connectivity index (χ2v) is 6.10. The SMILES string of the molecule is Cc1ccc(-c2cc(C(=O)N3CCC(C#N)CC3)nn2C)cc1. The summed E-state index contributed by atoms with van der Waals surface area (Å²) in [5, 5.41) is 13.3. The number of aryl methyl sites for hydroxylation is 2. The van der Waals surface area contributed by atoms with Crippen LogP contribution in [0.2, 0.25) is 0 Å². The summed E-state index contributed by atoms with van der Waals surface area (Å²) in [6.07, 6.45) is 1.50. The first-order valence-corrected chi connectivity index (χ1v) is 7.88. The van der Waals surface area contributed by atoms with Crippen LogP contribution >= 0.6 is 0 Å². The van der Waals surface area contributed by atoms with Gasteiger partial charge in [0.05, 0.1) is 11.8 Å². The number of rotatable bonds is 2. The van der Waals surface area contributed by atoms with Crippen LogP contribution in [0.15, 0.2) is 30.3 Å². The summed E-state index contributed by atoms with van der Waals surface area (Å²) in [6, 6.07) is 12.3. The van der Waals surface area contributed by atoms with E-state index in [1.165, 1.54) is 5.56 Å². The molecule has 0 bridgehead atoms. The molecule has 5 nitrogen and oxygen atoms in total. The van der Waals surface area contributed by atoms with Crippen LogP contribution in [0.25, 0.3) is 11.3 Å². The zero-order valence-corrected chi connectivity index (χ0v) is 13.5. The van der Waals surface area contributed by atoms with Crippen LogP contribution in [0.4, 0.5) is 0 Å². The molecule has 1 aromatic carbocycles. The largest absolute Gasteiger partial charge is 0.337 e. The molecule has 118 valence electrons. The molecule has 3 rings (SSSR count). The van der Waals surface area contributed by atoms with E-state index >= 15 is 0 Å². The second kappa shape index (κ2) is 6.25. The number of aromatic nitrogens is 2. The van der Waals surface area contributed by atoms with Gasteiger partial charge in [-0.3, -0.25) is 9.48 Å². The molecule has 1 aliphatic heterocycles. The Labute approximate surface area is 136 Å². The van der Waals surface area contributed by atoms with Crippen LogP contribution < -0.4 is 0 Å². The number of benzene rings is 1. The fraction of sp³-hybridized carbons (Fsp3) is 0.389. The van der Waals surface area contributed by atoms with Gasteiger partial charge in [-0.2, -0.15) is 10.4 Å². The minimum Gasteiger partial charge on any atom is -0.337 e. The number of amides is 1. The summed E-state index contributed by atoms with van der Waals surface area (Å²) in [7, 11) is 1.86. The lowest BCUT2D eigenvalue weighted by atomic mass is 9.98. The highest BCUT2D eigenvalue weighted by Gasteiger charge is 2.25. The van der Waals surface area contributed by atoms with E-state index in [-0.39, 0.29) is 11.8 Å². The van der Waals surface area contributed by atoms with Crippen molar-refractivity contribution < 1.29 is 4.79 Å². The van der Waals surface area contributed by atoms with Gasteiger partial charge < -0.3 is 4.90 Å². The van der Waals surface area contributed by atoms with Crippen molar-refractivity contribution in [2.24, 2.45) is 13.0 Å². The van der Waals surface area contributed by atoms with Crippen molar-refractivity contribution in [3.8, 4) is 17.3 Å². The summed E-state index contributed by atoms with van der Waals surface area (Å²) in [4.78, 5) is 14.4. The van der Waals surface area contributed by atoms with Crippen LogP contribution in [0.5, 0.6) is 0 Å². The Morgan fingerprint density at radius 3 is 2.52 bits per heavy atom. The Hall–Kier alpha value is -2.61. The normalized spacial score (nSPS) is 15.4. The predicted molar refractivity (Wildman–Crippen MR) is 87.6 cm³/mol. The average molecular weight is 308 g/mol. The van der Waals surface area contributed by atoms with Crippen LogP contribution in [-0.2, 0) is 7.05 Å².